The first-order valence-electron chi connectivity index (χ1n) is 7.59. The highest BCUT2D eigenvalue weighted by molar-refractivity contribution is 5.98. The standard InChI is InChI=1S/C20H18N2O/c1-13-8-9-15(14(2)12-13)19-16-6-4-5-7-17(16)20(23)22(3)18(19)10-11-21/h4-9,12H,10H2,1-3H3. The molecule has 0 saturated heterocycles. The summed E-state index contributed by atoms with van der Waals surface area (Å²) < 4.78 is 1.61. The van der Waals surface area contributed by atoms with Gasteiger partial charge < -0.3 is 4.57 Å². The van der Waals surface area contributed by atoms with Crippen LogP contribution >= 0.6 is 0 Å². The maximum atomic E-state index is 12.6. The third kappa shape index (κ3) is 2.43. The lowest BCUT2D eigenvalue weighted by Crippen LogP contribution is -2.22. The van der Waals surface area contributed by atoms with Crippen molar-refractivity contribution in [2.45, 2.75) is 20.3 Å². The number of benzene rings is 2. The maximum Gasteiger partial charge on any atom is 0.258 e. The number of rotatable bonds is 2. The molecule has 0 aliphatic heterocycles. The molecular formula is C20H18N2O. The predicted molar refractivity (Wildman–Crippen MR) is 93.4 cm³/mol. The number of pyridine rings is 1. The zero-order chi connectivity index (χ0) is 16.6. The lowest BCUT2D eigenvalue weighted by atomic mass is 9.92. The predicted octanol–water partition coefficient (Wildman–Crippen LogP) is 3.89. The van der Waals surface area contributed by atoms with Crippen LogP contribution in [0.1, 0.15) is 16.8 Å². The molecular weight excluding hydrogens is 284 g/mol. The summed E-state index contributed by atoms with van der Waals surface area (Å²) in [6, 6.07) is 16.1. The van der Waals surface area contributed by atoms with Crippen LogP contribution < -0.4 is 5.56 Å². The van der Waals surface area contributed by atoms with Crippen LogP contribution in [0.5, 0.6) is 0 Å². The van der Waals surface area contributed by atoms with E-state index in [2.05, 4.69) is 38.1 Å². The Morgan fingerprint density at radius 2 is 1.78 bits per heavy atom. The Balaban J connectivity index is 2.52. The zero-order valence-electron chi connectivity index (χ0n) is 13.6. The van der Waals surface area contributed by atoms with Crippen LogP contribution in [-0.2, 0) is 13.5 Å². The minimum Gasteiger partial charge on any atom is -0.313 e. The molecule has 23 heavy (non-hydrogen) atoms. The molecule has 0 spiro atoms. The highest BCUT2D eigenvalue weighted by atomic mass is 16.1. The number of nitrogens with zero attached hydrogens (tertiary/aromatic N) is 2. The molecule has 3 heteroatoms. The SMILES string of the molecule is Cc1ccc(-c2c(CC#N)n(C)c(=O)c3ccccc23)c(C)c1. The molecule has 0 saturated carbocycles. The molecule has 0 atom stereocenters. The van der Waals surface area contributed by atoms with Crippen LogP contribution in [0, 0.1) is 25.2 Å². The van der Waals surface area contributed by atoms with Crippen LogP contribution in [0.3, 0.4) is 0 Å². The Morgan fingerprint density at radius 1 is 1.09 bits per heavy atom. The molecule has 2 aromatic carbocycles. The van der Waals surface area contributed by atoms with Gasteiger partial charge in [0.25, 0.3) is 5.56 Å². The Bertz CT molecular complexity index is 1010. The van der Waals surface area contributed by atoms with E-state index in [0.29, 0.717) is 5.39 Å². The molecule has 0 N–H and O–H groups in total. The van der Waals surface area contributed by atoms with Gasteiger partial charge in [0, 0.05) is 23.7 Å². The van der Waals surface area contributed by atoms with Crippen LogP contribution in [0.25, 0.3) is 21.9 Å². The van der Waals surface area contributed by atoms with Crippen LogP contribution in [0.15, 0.2) is 47.3 Å². The Labute approximate surface area is 135 Å². The van der Waals surface area contributed by atoms with Gasteiger partial charge in [-0.15, -0.1) is 0 Å². The second-order valence-corrected chi connectivity index (χ2v) is 5.88. The maximum absolute atomic E-state index is 12.6. The third-order valence-electron chi connectivity index (χ3n) is 4.32. The average molecular weight is 302 g/mol. The smallest absolute Gasteiger partial charge is 0.258 e. The summed E-state index contributed by atoms with van der Waals surface area (Å²) in [5.74, 6) is 0. The van der Waals surface area contributed by atoms with Gasteiger partial charge in [-0.2, -0.15) is 5.26 Å². The quantitative estimate of drug-likeness (QED) is 0.721. The normalized spacial score (nSPS) is 10.7. The van der Waals surface area contributed by atoms with E-state index in [0.717, 1.165) is 27.8 Å². The van der Waals surface area contributed by atoms with Gasteiger partial charge in [-0.05, 0) is 36.4 Å². The number of nitriles is 1. The molecule has 0 amide bonds. The Kier molecular flexibility index (Phi) is 3.75. The van der Waals surface area contributed by atoms with Crippen molar-refractivity contribution in [3.63, 3.8) is 0 Å². The van der Waals surface area contributed by atoms with E-state index in [1.54, 1.807) is 11.6 Å². The lowest BCUT2D eigenvalue weighted by Gasteiger charge is -2.17. The van der Waals surface area contributed by atoms with Crippen molar-refractivity contribution < 1.29 is 0 Å². The summed E-state index contributed by atoms with van der Waals surface area (Å²) in [4.78, 5) is 12.6. The molecule has 0 unspecified atom stereocenters. The first kappa shape index (κ1) is 15.1. The Hall–Kier alpha value is -2.86. The molecule has 114 valence electrons. The van der Waals surface area contributed by atoms with Crippen molar-refractivity contribution >= 4 is 10.8 Å². The topological polar surface area (TPSA) is 45.8 Å². The summed E-state index contributed by atoms with van der Waals surface area (Å²) in [6.45, 7) is 4.13. The van der Waals surface area contributed by atoms with Crippen LogP contribution in [0.2, 0.25) is 0 Å². The number of hydrogen-bond acceptors (Lipinski definition) is 2. The van der Waals surface area contributed by atoms with E-state index in [1.165, 1.54) is 5.56 Å². The van der Waals surface area contributed by atoms with Gasteiger partial charge in [-0.25, -0.2) is 0 Å². The largest absolute Gasteiger partial charge is 0.313 e. The van der Waals surface area contributed by atoms with Gasteiger partial charge in [0.1, 0.15) is 0 Å². The van der Waals surface area contributed by atoms with Gasteiger partial charge in [0.15, 0.2) is 0 Å². The van der Waals surface area contributed by atoms with Crippen molar-refractivity contribution in [1.29, 1.82) is 5.26 Å². The second kappa shape index (κ2) is 5.73. The molecule has 1 aromatic heterocycles. The summed E-state index contributed by atoms with van der Waals surface area (Å²) in [5, 5.41) is 10.8. The fourth-order valence-electron chi connectivity index (χ4n) is 3.19. The average Bonchev–Trinajstić information content (AvgIpc) is 2.54. The lowest BCUT2D eigenvalue weighted by molar-refractivity contribution is 0.814. The number of aromatic nitrogens is 1. The molecule has 0 radical (unpaired) electrons. The first-order valence-corrected chi connectivity index (χ1v) is 7.59. The molecule has 3 rings (SSSR count). The van der Waals surface area contributed by atoms with Gasteiger partial charge in [0.2, 0.25) is 0 Å². The van der Waals surface area contributed by atoms with Crippen LogP contribution in [0.4, 0.5) is 0 Å². The van der Waals surface area contributed by atoms with E-state index in [4.69, 9.17) is 0 Å². The number of aryl methyl sites for hydroxylation is 2. The van der Waals surface area contributed by atoms with Gasteiger partial charge in [0.05, 0.1) is 12.5 Å². The van der Waals surface area contributed by atoms with Gasteiger partial charge in [-0.3, -0.25) is 4.79 Å². The van der Waals surface area contributed by atoms with E-state index >= 15 is 0 Å². The van der Waals surface area contributed by atoms with Gasteiger partial charge in [-0.1, -0.05) is 42.0 Å². The monoisotopic (exact) mass is 302 g/mol. The highest BCUT2D eigenvalue weighted by Crippen LogP contribution is 2.33. The summed E-state index contributed by atoms with van der Waals surface area (Å²) in [6.07, 6.45) is 0.208. The fourth-order valence-corrected chi connectivity index (χ4v) is 3.19. The molecule has 1 heterocycles. The summed E-state index contributed by atoms with van der Waals surface area (Å²) in [5.41, 5.74) is 5.12. The van der Waals surface area contributed by atoms with Crippen molar-refractivity contribution in [2.75, 3.05) is 0 Å². The molecule has 0 aliphatic rings. The van der Waals surface area contributed by atoms with Crippen molar-refractivity contribution in [1.82, 2.24) is 4.57 Å². The molecule has 0 fully saturated rings. The number of fused-ring (bicyclic) bond motifs is 1. The second-order valence-electron chi connectivity index (χ2n) is 5.88. The third-order valence-corrected chi connectivity index (χ3v) is 4.32. The minimum atomic E-state index is -0.0561. The van der Waals surface area contributed by atoms with E-state index in [1.807, 2.05) is 24.3 Å². The molecule has 0 bridgehead atoms. The van der Waals surface area contributed by atoms with Crippen molar-refractivity contribution in [3.05, 3.63) is 69.6 Å². The van der Waals surface area contributed by atoms with Gasteiger partial charge >= 0.3 is 0 Å². The van der Waals surface area contributed by atoms with E-state index < -0.39 is 0 Å². The summed E-state index contributed by atoms with van der Waals surface area (Å²) >= 11 is 0. The first-order chi connectivity index (χ1) is 11.0. The summed E-state index contributed by atoms with van der Waals surface area (Å²) in [7, 11) is 1.74. The highest BCUT2D eigenvalue weighted by Gasteiger charge is 2.17. The van der Waals surface area contributed by atoms with E-state index in [-0.39, 0.29) is 12.0 Å². The fraction of sp³-hybridized carbons (Fsp3) is 0.200. The number of hydrogen-bond donors (Lipinski definition) is 0. The van der Waals surface area contributed by atoms with Crippen molar-refractivity contribution in [3.8, 4) is 17.2 Å². The minimum absolute atomic E-state index is 0.0561. The van der Waals surface area contributed by atoms with Crippen molar-refractivity contribution in [2.24, 2.45) is 7.05 Å². The van der Waals surface area contributed by atoms with E-state index in [9.17, 15) is 10.1 Å². The molecule has 0 aliphatic carbocycles. The van der Waals surface area contributed by atoms with Crippen LogP contribution in [-0.4, -0.2) is 4.57 Å². The molecule has 3 nitrogen and oxygen atoms in total. The zero-order valence-corrected chi connectivity index (χ0v) is 13.6. The molecule has 3 aromatic rings. The Morgan fingerprint density at radius 3 is 2.43 bits per heavy atom.